The SMILES string of the molecule is [2H]C([2H])(Br)[C@]([2H])(Br)C([2H])([2H])OP(=O)(OC([2H])([2H])[C@]([2H])(Br)C([2H])([2H])Br)OC([2H])([2H])[C@]([2H])(Br)C([2H])([2H])Br. The molecule has 0 amide bonds. The molecule has 0 radical (unpaired) electrons. The molecule has 0 aromatic heterocycles. The highest BCUT2D eigenvalue weighted by molar-refractivity contribution is 9.12. The van der Waals surface area contributed by atoms with E-state index in [0.29, 0.717) is 0 Å². The van der Waals surface area contributed by atoms with Gasteiger partial charge in [0.25, 0.3) is 0 Å². The Morgan fingerprint density at radius 2 is 1.10 bits per heavy atom. The Bertz CT molecular complexity index is 719. The summed E-state index contributed by atoms with van der Waals surface area (Å²) in [6.07, 6.45) is 0. The van der Waals surface area contributed by atoms with Crippen LogP contribution in [0, 0.1) is 0 Å². The summed E-state index contributed by atoms with van der Waals surface area (Å²) in [4.78, 5) is -9.66. The van der Waals surface area contributed by atoms with E-state index in [1.165, 1.54) is 0 Å². The van der Waals surface area contributed by atoms with Gasteiger partial charge in [-0.15, -0.1) is 0 Å². The van der Waals surface area contributed by atoms with Gasteiger partial charge in [-0.3, -0.25) is 13.6 Å². The Kier molecular flexibility index (Phi) is 5.40. The molecule has 0 saturated heterocycles. The van der Waals surface area contributed by atoms with E-state index >= 15 is 0 Å². The first kappa shape index (κ1) is 8.12. The maximum Gasteiger partial charge on any atom is 0.474 e. The van der Waals surface area contributed by atoms with Crippen LogP contribution in [0.4, 0.5) is 0 Å². The predicted molar refractivity (Wildman–Crippen MR) is 105 cm³/mol. The second-order valence-corrected chi connectivity index (χ2v) is 7.26. The molecule has 0 aromatic rings. The van der Waals surface area contributed by atoms with Gasteiger partial charge >= 0.3 is 7.82 Å². The van der Waals surface area contributed by atoms with Gasteiger partial charge in [-0.1, -0.05) is 95.6 Å². The van der Waals surface area contributed by atoms with Crippen molar-refractivity contribution in [1.29, 1.82) is 0 Å². The highest BCUT2D eigenvalue weighted by Crippen LogP contribution is 2.50. The zero-order valence-corrected chi connectivity index (χ0v) is 19.3. The topological polar surface area (TPSA) is 44.8 Å². The van der Waals surface area contributed by atoms with Crippen molar-refractivity contribution >= 4 is 103 Å². The van der Waals surface area contributed by atoms with Crippen LogP contribution < -0.4 is 0 Å². The van der Waals surface area contributed by atoms with Crippen LogP contribution in [0.3, 0.4) is 0 Å². The highest BCUT2D eigenvalue weighted by atomic mass is 79.9. The summed E-state index contributed by atoms with van der Waals surface area (Å²) in [7, 11) is -6.22. The van der Waals surface area contributed by atoms with E-state index in [4.69, 9.17) is 20.6 Å². The molecule has 0 bridgehead atoms. The molecule has 0 aliphatic heterocycles. The molecule has 11 heteroatoms. The first-order valence-electron chi connectivity index (χ1n) is 11.5. The van der Waals surface area contributed by atoms with Gasteiger partial charge in [0.05, 0.1) is 27.9 Å². The van der Waals surface area contributed by atoms with E-state index in [-0.39, 0.29) is 0 Å². The number of hydrogen-bond acceptors (Lipinski definition) is 4. The number of rotatable bonds is 12. The molecule has 0 aliphatic carbocycles. The zero-order valence-electron chi connectivity index (χ0n) is 23.8. The Labute approximate surface area is 191 Å². The van der Waals surface area contributed by atoms with Gasteiger partial charge in [-0.05, 0) is 0 Å². The maximum absolute atomic E-state index is 13.5. The van der Waals surface area contributed by atoms with E-state index in [0.717, 1.165) is 0 Å². The lowest BCUT2D eigenvalue weighted by Gasteiger charge is -2.21. The van der Waals surface area contributed by atoms with Crippen molar-refractivity contribution in [2.45, 2.75) is 14.4 Å². The summed E-state index contributed by atoms with van der Waals surface area (Å²) in [5.41, 5.74) is 0. The number of halogens is 6. The summed E-state index contributed by atoms with van der Waals surface area (Å²) in [5.74, 6) is 0. The summed E-state index contributed by atoms with van der Waals surface area (Å²) in [6.45, 7) is -11.5. The molecule has 0 rings (SSSR count). The fourth-order valence-electron chi connectivity index (χ4n) is 0.402. The third kappa shape index (κ3) is 11.5. The van der Waals surface area contributed by atoms with Gasteiger partial charge in [0.2, 0.25) is 0 Å². The quantitative estimate of drug-likeness (QED) is 0.195. The van der Waals surface area contributed by atoms with Gasteiger partial charge < -0.3 is 0 Å². The molecule has 0 aromatic carbocycles. The van der Waals surface area contributed by atoms with Crippen molar-refractivity contribution in [3.05, 3.63) is 0 Å². The molecule has 0 heterocycles. The Morgan fingerprint density at radius 3 is 1.30 bits per heavy atom. The van der Waals surface area contributed by atoms with E-state index in [9.17, 15) is 4.57 Å². The van der Waals surface area contributed by atoms with Crippen LogP contribution in [-0.4, -0.2) is 49.9 Å². The lowest BCUT2D eigenvalue weighted by atomic mass is 10.5. The van der Waals surface area contributed by atoms with Crippen LogP contribution in [0.5, 0.6) is 0 Å². The van der Waals surface area contributed by atoms with Gasteiger partial charge in [0, 0.05) is 42.6 Å². The van der Waals surface area contributed by atoms with Gasteiger partial charge in [-0.2, -0.15) is 0 Å². The fourth-order valence-corrected chi connectivity index (χ4v) is 1.98. The third-order valence-electron chi connectivity index (χ3n) is 0.990. The molecule has 0 spiro atoms. The number of alkyl halides is 6. The van der Waals surface area contributed by atoms with Crippen molar-refractivity contribution in [3.63, 3.8) is 0 Å². The second kappa shape index (κ2) is 13.3. The molecule has 0 fully saturated rings. The van der Waals surface area contributed by atoms with E-state index in [2.05, 4.69) is 109 Å². The minimum Gasteiger partial charge on any atom is -0.286 e. The standard InChI is InChI=1S/C9H15Br6O4P/c10-1-7(13)4-17-20(16,18-5-8(14)2-11)19-6-9(15)3-12/h7-9H,1-6H2/t7-,8-,9+/m1/s1/i1D2,2D2,3D2,4D2,5D2,6D2,7D,8D,9D. The molecule has 0 saturated carbocycles. The molecular formula is C9H15Br6O4P. The molecule has 0 aliphatic rings. The Balaban J connectivity index is 6.91. The summed E-state index contributed by atoms with van der Waals surface area (Å²) in [6, 6.07) is 0. The lowest BCUT2D eigenvalue weighted by Crippen LogP contribution is -2.17. The van der Waals surface area contributed by atoms with Gasteiger partial charge in [0.15, 0.2) is 0 Å². The van der Waals surface area contributed by atoms with E-state index in [1.54, 1.807) is 0 Å². The largest absolute Gasteiger partial charge is 0.474 e. The van der Waals surface area contributed by atoms with Crippen LogP contribution in [0.15, 0.2) is 0 Å². The maximum atomic E-state index is 13.5. The monoisotopic (exact) mass is 707 g/mol. The smallest absolute Gasteiger partial charge is 0.286 e. The van der Waals surface area contributed by atoms with Crippen molar-refractivity contribution in [3.8, 4) is 0 Å². The van der Waals surface area contributed by atoms with Crippen LogP contribution >= 0.6 is 103 Å². The first-order chi connectivity index (χ1) is 14.6. The lowest BCUT2D eigenvalue weighted by molar-refractivity contribution is 0.118. The fraction of sp³-hybridized carbons (Fsp3) is 1.00. The molecule has 20 heavy (non-hydrogen) atoms. The molecule has 0 N–H and O–H groups in total. The van der Waals surface area contributed by atoms with Crippen molar-refractivity contribution in [2.24, 2.45) is 0 Å². The zero-order chi connectivity index (χ0) is 29.1. The highest BCUT2D eigenvalue weighted by Gasteiger charge is 2.29. The molecule has 4 nitrogen and oxygen atoms in total. The second-order valence-electron chi connectivity index (χ2n) is 2.25. The van der Waals surface area contributed by atoms with Crippen molar-refractivity contribution in [1.82, 2.24) is 0 Å². The predicted octanol–water partition coefficient (Wildman–Crippen LogP) is 5.62. The minimum atomic E-state index is -6.22. The van der Waals surface area contributed by atoms with Crippen LogP contribution in [-0.2, 0) is 18.1 Å². The Hall–Kier alpha value is 2.99. The van der Waals surface area contributed by atoms with Crippen molar-refractivity contribution in [2.75, 3.05) is 35.5 Å². The summed E-state index contributed by atoms with van der Waals surface area (Å²) < 4.78 is 143. The number of phosphoric ester groups is 1. The Morgan fingerprint density at radius 1 is 0.850 bits per heavy atom. The minimum absolute atomic E-state index is 2.35. The first-order valence-corrected chi connectivity index (χ1v) is 10.2. The molecule has 3 atom stereocenters. The average Bonchev–Trinajstić information content (AvgIpc) is 2.48. The number of hydrogen-bond donors (Lipinski definition) is 0. The van der Waals surface area contributed by atoms with Gasteiger partial charge in [-0.25, -0.2) is 4.57 Å². The van der Waals surface area contributed by atoms with Crippen LogP contribution in [0.1, 0.15) is 20.6 Å². The van der Waals surface area contributed by atoms with E-state index in [1.807, 2.05) is 0 Å². The van der Waals surface area contributed by atoms with Crippen molar-refractivity contribution < 1.29 is 38.7 Å². The summed E-state index contributed by atoms with van der Waals surface area (Å²) in [5, 5.41) is -9.01. The average molecular weight is 713 g/mol. The van der Waals surface area contributed by atoms with E-state index < -0.39 is 57.8 Å². The normalized spacial score (nSPS) is 37.0. The van der Waals surface area contributed by atoms with Crippen LogP contribution in [0.2, 0.25) is 0 Å². The molecule has 0 unspecified atom stereocenters. The summed E-state index contributed by atoms with van der Waals surface area (Å²) >= 11 is 14.2. The van der Waals surface area contributed by atoms with Crippen LogP contribution in [0.25, 0.3) is 0 Å². The third-order valence-corrected chi connectivity index (χ3v) is 5.80. The molecule has 122 valence electrons. The molecular weight excluding hydrogens is 682 g/mol. The van der Waals surface area contributed by atoms with Gasteiger partial charge in [0.1, 0.15) is 0 Å². The number of phosphoric acid groups is 1.